The van der Waals surface area contributed by atoms with Gasteiger partial charge in [0.15, 0.2) is 0 Å². The molecule has 17 heavy (non-hydrogen) atoms. The molecule has 0 bridgehead atoms. The third-order valence-electron chi connectivity index (χ3n) is 2.22. The fraction of sp³-hybridized carbons (Fsp3) is 0.0909. The largest absolute Gasteiger partial charge is 0.481 e. The van der Waals surface area contributed by atoms with Gasteiger partial charge in [0, 0.05) is 6.07 Å². The molecule has 0 radical (unpaired) electrons. The van der Waals surface area contributed by atoms with Crippen molar-refractivity contribution in [3.8, 4) is 5.69 Å². The van der Waals surface area contributed by atoms with E-state index in [0.29, 0.717) is 5.69 Å². The van der Waals surface area contributed by atoms with Crippen molar-refractivity contribution in [2.75, 3.05) is 5.73 Å². The summed E-state index contributed by atoms with van der Waals surface area (Å²) in [5.74, 6) is -1.35. The van der Waals surface area contributed by atoms with E-state index in [1.165, 1.54) is 22.9 Å². The van der Waals surface area contributed by atoms with Crippen molar-refractivity contribution in [2.45, 2.75) is 6.42 Å². The van der Waals surface area contributed by atoms with Crippen molar-refractivity contribution in [1.82, 2.24) is 9.78 Å². The van der Waals surface area contributed by atoms with Crippen molar-refractivity contribution in [1.29, 1.82) is 0 Å². The predicted octanol–water partition coefficient (Wildman–Crippen LogP) is 1.22. The molecule has 0 aliphatic rings. The van der Waals surface area contributed by atoms with E-state index >= 15 is 0 Å². The number of rotatable bonds is 3. The molecule has 2 aromatic rings. The minimum Gasteiger partial charge on any atom is -0.481 e. The predicted molar refractivity (Wildman–Crippen MR) is 59.3 cm³/mol. The Kier molecular flexibility index (Phi) is 2.78. The zero-order valence-corrected chi connectivity index (χ0v) is 8.80. The molecule has 0 fully saturated rings. The molecule has 0 unspecified atom stereocenters. The van der Waals surface area contributed by atoms with Gasteiger partial charge >= 0.3 is 5.97 Å². The Hall–Kier alpha value is -2.37. The van der Waals surface area contributed by atoms with Gasteiger partial charge in [-0.2, -0.15) is 5.10 Å². The van der Waals surface area contributed by atoms with Gasteiger partial charge in [0.05, 0.1) is 12.1 Å². The molecule has 5 nitrogen and oxygen atoms in total. The Labute approximate surface area is 96.3 Å². The molecule has 6 heteroatoms. The topological polar surface area (TPSA) is 81.1 Å². The molecule has 88 valence electrons. The van der Waals surface area contributed by atoms with Crippen LogP contribution in [0.15, 0.2) is 30.3 Å². The summed E-state index contributed by atoms with van der Waals surface area (Å²) < 4.78 is 14.8. The van der Waals surface area contributed by atoms with Gasteiger partial charge in [-0.25, -0.2) is 9.07 Å². The highest BCUT2D eigenvalue weighted by molar-refractivity contribution is 5.70. The summed E-state index contributed by atoms with van der Waals surface area (Å²) >= 11 is 0. The van der Waals surface area contributed by atoms with Gasteiger partial charge in [-0.1, -0.05) is 12.1 Å². The Bertz CT molecular complexity index is 566. The zero-order chi connectivity index (χ0) is 12.4. The summed E-state index contributed by atoms with van der Waals surface area (Å²) in [6.07, 6.45) is -0.265. The summed E-state index contributed by atoms with van der Waals surface area (Å²) in [6, 6.07) is 7.38. The van der Waals surface area contributed by atoms with Crippen LogP contribution in [0, 0.1) is 5.82 Å². The number of nitrogens with zero attached hydrogens (tertiary/aromatic N) is 2. The van der Waals surface area contributed by atoms with Crippen LogP contribution in [-0.2, 0) is 11.2 Å². The van der Waals surface area contributed by atoms with Crippen molar-refractivity contribution in [2.24, 2.45) is 0 Å². The van der Waals surface area contributed by atoms with E-state index in [9.17, 15) is 9.18 Å². The van der Waals surface area contributed by atoms with E-state index in [0.717, 1.165) is 0 Å². The lowest BCUT2D eigenvalue weighted by Crippen LogP contribution is -2.09. The molecule has 0 atom stereocenters. The van der Waals surface area contributed by atoms with Crippen molar-refractivity contribution < 1.29 is 14.3 Å². The van der Waals surface area contributed by atoms with Gasteiger partial charge in [0.1, 0.15) is 17.3 Å². The quantitative estimate of drug-likeness (QED) is 0.838. The van der Waals surface area contributed by atoms with Crippen molar-refractivity contribution in [3.63, 3.8) is 0 Å². The Balaban J connectivity index is 2.51. The average Bonchev–Trinajstić information content (AvgIpc) is 2.59. The van der Waals surface area contributed by atoms with Crippen molar-refractivity contribution in [3.05, 3.63) is 41.8 Å². The number of anilines is 1. The van der Waals surface area contributed by atoms with Crippen molar-refractivity contribution >= 4 is 11.8 Å². The Morgan fingerprint density at radius 1 is 1.47 bits per heavy atom. The summed E-state index contributed by atoms with van der Waals surface area (Å²) in [5, 5.41) is 12.6. The zero-order valence-electron chi connectivity index (χ0n) is 8.80. The van der Waals surface area contributed by atoms with E-state index in [1.54, 1.807) is 12.1 Å². The Morgan fingerprint density at radius 2 is 2.18 bits per heavy atom. The SMILES string of the molecule is Nc1cc(CC(=O)O)n(-c2ccccc2F)n1. The lowest BCUT2D eigenvalue weighted by atomic mass is 10.2. The molecule has 0 saturated carbocycles. The number of carboxylic acid groups (broad SMARTS) is 1. The van der Waals surface area contributed by atoms with Gasteiger partial charge in [-0.15, -0.1) is 0 Å². The first-order chi connectivity index (χ1) is 8.08. The summed E-state index contributed by atoms with van der Waals surface area (Å²) in [5.41, 5.74) is 6.01. The van der Waals surface area contributed by atoms with Gasteiger partial charge < -0.3 is 10.8 Å². The second kappa shape index (κ2) is 4.25. The number of para-hydroxylation sites is 1. The molecule has 2 rings (SSSR count). The molecule has 0 aliphatic heterocycles. The smallest absolute Gasteiger partial charge is 0.309 e. The number of hydrogen-bond acceptors (Lipinski definition) is 3. The van der Waals surface area contributed by atoms with E-state index in [1.807, 2.05) is 0 Å². The fourth-order valence-electron chi connectivity index (χ4n) is 1.55. The standard InChI is InChI=1S/C11H10FN3O2/c12-8-3-1-2-4-9(8)15-7(6-11(16)17)5-10(13)14-15/h1-5H,6H2,(H2,13,14)(H,16,17). The van der Waals surface area contributed by atoms with Crippen LogP contribution in [0.25, 0.3) is 5.69 Å². The highest BCUT2D eigenvalue weighted by atomic mass is 19.1. The van der Waals surface area contributed by atoms with Crippen LogP contribution in [0.4, 0.5) is 10.2 Å². The lowest BCUT2D eigenvalue weighted by molar-refractivity contribution is -0.136. The minimum absolute atomic E-state index is 0.157. The van der Waals surface area contributed by atoms with Crippen LogP contribution in [0.5, 0.6) is 0 Å². The normalized spacial score (nSPS) is 10.4. The van der Waals surface area contributed by atoms with Crippen LogP contribution < -0.4 is 5.73 Å². The van der Waals surface area contributed by atoms with E-state index < -0.39 is 11.8 Å². The average molecular weight is 235 g/mol. The van der Waals surface area contributed by atoms with Gasteiger partial charge in [-0.05, 0) is 12.1 Å². The molecule has 1 aromatic heterocycles. The first-order valence-electron chi connectivity index (χ1n) is 4.89. The molecule has 0 spiro atoms. The number of carbonyl (C=O) groups is 1. The molecule has 3 N–H and O–H groups in total. The lowest BCUT2D eigenvalue weighted by Gasteiger charge is -2.06. The first-order valence-corrected chi connectivity index (χ1v) is 4.89. The van der Waals surface area contributed by atoms with Crippen LogP contribution in [0.2, 0.25) is 0 Å². The molecular weight excluding hydrogens is 225 g/mol. The highest BCUT2D eigenvalue weighted by Gasteiger charge is 2.13. The number of carboxylic acids is 1. The third kappa shape index (κ3) is 2.25. The summed E-state index contributed by atoms with van der Waals surface area (Å²) in [4.78, 5) is 10.7. The molecular formula is C11H10FN3O2. The first kappa shape index (κ1) is 11.1. The van der Waals surface area contributed by atoms with Crippen LogP contribution in [0.3, 0.4) is 0 Å². The van der Waals surface area contributed by atoms with Gasteiger partial charge in [0.25, 0.3) is 0 Å². The van der Waals surface area contributed by atoms with Crippen LogP contribution in [0.1, 0.15) is 5.69 Å². The number of aromatic nitrogens is 2. The maximum atomic E-state index is 13.6. The number of aliphatic carboxylic acids is 1. The maximum absolute atomic E-state index is 13.6. The fourth-order valence-corrected chi connectivity index (χ4v) is 1.55. The second-order valence-corrected chi connectivity index (χ2v) is 3.49. The molecule has 0 aliphatic carbocycles. The molecule has 1 aromatic carbocycles. The number of hydrogen-bond donors (Lipinski definition) is 2. The number of halogens is 1. The highest BCUT2D eigenvalue weighted by Crippen LogP contribution is 2.17. The Morgan fingerprint density at radius 3 is 2.82 bits per heavy atom. The minimum atomic E-state index is -1.03. The number of nitrogen functional groups attached to an aromatic ring is 1. The van der Waals surface area contributed by atoms with Crippen LogP contribution in [-0.4, -0.2) is 20.9 Å². The van der Waals surface area contributed by atoms with E-state index in [4.69, 9.17) is 10.8 Å². The molecule has 0 amide bonds. The molecule has 0 saturated heterocycles. The molecule has 1 heterocycles. The van der Waals surface area contributed by atoms with Crippen LogP contribution >= 0.6 is 0 Å². The second-order valence-electron chi connectivity index (χ2n) is 3.49. The van der Waals surface area contributed by atoms with E-state index in [-0.39, 0.29) is 17.9 Å². The number of nitrogens with two attached hydrogens (primary N) is 1. The maximum Gasteiger partial charge on any atom is 0.309 e. The number of benzene rings is 1. The monoisotopic (exact) mass is 235 g/mol. The summed E-state index contributed by atoms with van der Waals surface area (Å²) in [7, 11) is 0. The van der Waals surface area contributed by atoms with Gasteiger partial charge in [-0.3, -0.25) is 4.79 Å². The van der Waals surface area contributed by atoms with Gasteiger partial charge in [0.2, 0.25) is 0 Å². The summed E-state index contributed by atoms with van der Waals surface area (Å²) in [6.45, 7) is 0. The van der Waals surface area contributed by atoms with E-state index in [2.05, 4.69) is 5.10 Å². The third-order valence-corrected chi connectivity index (χ3v) is 2.22.